The Kier molecular flexibility index (Phi) is 6.42. The SMILES string of the molecule is CC#CC(=O)N1CC(Cn2c(-c3cc4cccnc4n3CC3CC3)nc3cc(C(=O)N4C[C@H]5CC[C@@H]4[C@@H]5N)cc(OC)c32)C1. The summed E-state index contributed by atoms with van der Waals surface area (Å²) in [6.07, 6.45) is 6.33. The van der Waals surface area contributed by atoms with Gasteiger partial charge in [0.25, 0.3) is 11.8 Å². The van der Waals surface area contributed by atoms with Crippen LogP contribution in [0.2, 0.25) is 0 Å². The van der Waals surface area contributed by atoms with Crippen LogP contribution < -0.4 is 10.5 Å². The highest BCUT2D eigenvalue weighted by atomic mass is 16.5. The van der Waals surface area contributed by atoms with E-state index in [-0.39, 0.29) is 29.8 Å². The van der Waals surface area contributed by atoms with Crippen molar-refractivity contribution < 1.29 is 14.3 Å². The Morgan fingerprint density at radius 3 is 2.57 bits per heavy atom. The molecular formula is C34H37N7O3. The lowest BCUT2D eigenvalue weighted by molar-refractivity contribution is -0.131. The second-order valence-electron chi connectivity index (χ2n) is 13.0. The number of methoxy groups -OCH3 is 1. The average Bonchev–Trinajstić information content (AvgIpc) is 3.36. The second kappa shape index (κ2) is 10.4. The fourth-order valence-electron chi connectivity index (χ4n) is 7.64. The molecule has 10 heteroatoms. The Morgan fingerprint density at radius 1 is 1.05 bits per heavy atom. The number of likely N-dealkylation sites (tertiary alicyclic amines) is 2. The third-order valence-electron chi connectivity index (χ3n) is 10.1. The fourth-order valence-corrected chi connectivity index (χ4v) is 7.64. The molecule has 44 heavy (non-hydrogen) atoms. The van der Waals surface area contributed by atoms with Crippen molar-refractivity contribution in [3.05, 3.63) is 42.1 Å². The summed E-state index contributed by atoms with van der Waals surface area (Å²) in [4.78, 5) is 40.0. The number of nitrogens with two attached hydrogens (primary N) is 1. The van der Waals surface area contributed by atoms with Gasteiger partial charge in [-0.3, -0.25) is 9.59 Å². The Labute approximate surface area is 256 Å². The normalized spacial score (nSPS) is 22.8. The molecule has 4 aromatic rings. The van der Waals surface area contributed by atoms with Crippen LogP contribution in [-0.2, 0) is 17.9 Å². The zero-order valence-corrected chi connectivity index (χ0v) is 25.2. The van der Waals surface area contributed by atoms with Crippen LogP contribution in [0.25, 0.3) is 33.6 Å². The largest absolute Gasteiger partial charge is 0.494 e. The van der Waals surface area contributed by atoms with Crippen LogP contribution in [0.5, 0.6) is 5.75 Å². The Morgan fingerprint density at radius 2 is 1.86 bits per heavy atom. The summed E-state index contributed by atoms with van der Waals surface area (Å²) in [7, 11) is 1.65. The van der Waals surface area contributed by atoms with Gasteiger partial charge in [-0.1, -0.05) is 5.92 Å². The molecule has 4 aliphatic rings. The molecule has 4 fully saturated rings. The van der Waals surface area contributed by atoms with Crippen molar-refractivity contribution in [1.82, 2.24) is 28.9 Å². The van der Waals surface area contributed by atoms with Crippen molar-refractivity contribution in [2.75, 3.05) is 26.7 Å². The Bertz CT molecular complexity index is 1870. The van der Waals surface area contributed by atoms with Crippen LogP contribution in [-0.4, -0.2) is 79.5 Å². The molecule has 3 atom stereocenters. The molecule has 2 aliphatic heterocycles. The van der Waals surface area contributed by atoms with E-state index in [0.29, 0.717) is 49.3 Å². The van der Waals surface area contributed by atoms with Gasteiger partial charge < -0.3 is 29.4 Å². The number of fused-ring (bicyclic) bond motifs is 4. The first-order chi connectivity index (χ1) is 21.4. The van der Waals surface area contributed by atoms with Gasteiger partial charge in [-0.15, -0.1) is 0 Å². The predicted molar refractivity (Wildman–Crippen MR) is 167 cm³/mol. The molecule has 2 N–H and O–H groups in total. The number of hydrogen-bond donors (Lipinski definition) is 1. The van der Waals surface area contributed by atoms with E-state index < -0.39 is 0 Å². The van der Waals surface area contributed by atoms with Crippen molar-refractivity contribution in [1.29, 1.82) is 0 Å². The summed E-state index contributed by atoms with van der Waals surface area (Å²) in [5, 5.41) is 1.07. The molecule has 2 saturated carbocycles. The molecule has 0 spiro atoms. The van der Waals surface area contributed by atoms with E-state index in [0.717, 1.165) is 53.0 Å². The number of hydrogen-bond acceptors (Lipinski definition) is 6. The van der Waals surface area contributed by atoms with Gasteiger partial charge in [0.05, 0.1) is 18.3 Å². The van der Waals surface area contributed by atoms with Gasteiger partial charge in [-0.25, -0.2) is 9.97 Å². The quantitative estimate of drug-likeness (QED) is 0.330. The second-order valence-corrected chi connectivity index (χ2v) is 13.0. The molecule has 2 bridgehead atoms. The topological polar surface area (TPSA) is 112 Å². The molecule has 3 aromatic heterocycles. The van der Waals surface area contributed by atoms with Crippen molar-refractivity contribution >= 4 is 33.9 Å². The summed E-state index contributed by atoms with van der Waals surface area (Å²) in [5.41, 5.74) is 10.6. The predicted octanol–water partition coefficient (Wildman–Crippen LogP) is 3.52. The van der Waals surface area contributed by atoms with Crippen LogP contribution in [0.4, 0.5) is 0 Å². The maximum atomic E-state index is 13.9. The third kappa shape index (κ3) is 4.36. The highest BCUT2D eigenvalue weighted by molar-refractivity contribution is 6.00. The Hall–Kier alpha value is -4.36. The summed E-state index contributed by atoms with van der Waals surface area (Å²) < 4.78 is 10.5. The molecule has 226 valence electrons. The van der Waals surface area contributed by atoms with Crippen LogP contribution in [0.15, 0.2) is 36.5 Å². The van der Waals surface area contributed by atoms with E-state index in [4.69, 9.17) is 20.4 Å². The van der Waals surface area contributed by atoms with Crippen molar-refractivity contribution in [2.24, 2.45) is 23.5 Å². The first-order valence-electron chi connectivity index (χ1n) is 15.7. The summed E-state index contributed by atoms with van der Waals surface area (Å²) in [6.45, 7) is 5.20. The lowest BCUT2D eigenvalue weighted by atomic mass is 9.99. The van der Waals surface area contributed by atoms with Crippen LogP contribution >= 0.6 is 0 Å². The standard InChI is InChI=1S/C34H37N7O3/c1-3-5-29(42)38-15-21(16-38)18-41-31-25(12-24(14-28(31)44-2)34(43)40-19-23-9-10-26(40)30(23)35)37-33(41)27-13-22-6-4-11-36-32(22)39(27)17-20-7-8-20/h4,6,11-14,20-21,23,26,30H,7-10,15-19,35H2,1-2H3/t23-,26-,30-/m1/s1. The van der Waals surface area contributed by atoms with E-state index in [1.165, 1.54) is 12.8 Å². The molecule has 5 heterocycles. The number of aromatic nitrogens is 4. The van der Waals surface area contributed by atoms with E-state index in [1.54, 1.807) is 18.9 Å². The van der Waals surface area contributed by atoms with Crippen LogP contribution in [0.3, 0.4) is 0 Å². The number of imidazole rings is 1. The summed E-state index contributed by atoms with van der Waals surface area (Å²) in [6, 6.07) is 10.2. The number of carbonyl (C=O) groups excluding carboxylic acids is 2. The van der Waals surface area contributed by atoms with Gasteiger partial charge in [0, 0.05) is 67.9 Å². The summed E-state index contributed by atoms with van der Waals surface area (Å²) in [5.74, 6) is 7.91. The lowest BCUT2D eigenvalue weighted by Gasteiger charge is -2.38. The molecular weight excluding hydrogens is 554 g/mol. The van der Waals surface area contributed by atoms with Gasteiger partial charge in [0.2, 0.25) is 0 Å². The molecule has 2 amide bonds. The zero-order valence-electron chi connectivity index (χ0n) is 25.2. The number of pyridine rings is 1. The van der Waals surface area contributed by atoms with E-state index >= 15 is 0 Å². The molecule has 2 saturated heterocycles. The number of amides is 2. The molecule has 0 unspecified atom stereocenters. The number of piperidine rings is 1. The van der Waals surface area contributed by atoms with Crippen molar-refractivity contribution in [2.45, 2.75) is 57.8 Å². The molecule has 1 aromatic carbocycles. The van der Waals surface area contributed by atoms with Gasteiger partial charge >= 0.3 is 0 Å². The smallest absolute Gasteiger partial charge is 0.298 e. The zero-order chi connectivity index (χ0) is 30.1. The van der Waals surface area contributed by atoms with E-state index in [9.17, 15) is 9.59 Å². The monoisotopic (exact) mass is 591 g/mol. The number of rotatable bonds is 7. The fraction of sp³-hybridized carbons (Fsp3) is 0.471. The number of ether oxygens (including phenoxy) is 1. The highest BCUT2D eigenvalue weighted by Gasteiger charge is 2.47. The van der Waals surface area contributed by atoms with E-state index in [2.05, 4.69) is 33.1 Å². The van der Waals surface area contributed by atoms with Crippen molar-refractivity contribution in [3.63, 3.8) is 0 Å². The van der Waals surface area contributed by atoms with E-state index in [1.807, 2.05) is 29.3 Å². The van der Waals surface area contributed by atoms with Crippen molar-refractivity contribution in [3.8, 4) is 29.1 Å². The Balaban J connectivity index is 1.24. The maximum Gasteiger partial charge on any atom is 0.298 e. The number of carbonyl (C=O) groups is 2. The molecule has 0 radical (unpaired) electrons. The first kappa shape index (κ1) is 27.2. The third-order valence-corrected chi connectivity index (χ3v) is 10.1. The lowest BCUT2D eigenvalue weighted by Crippen LogP contribution is -2.51. The minimum atomic E-state index is -0.133. The molecule has 10 nitrogen and oxygen atoms in total. The number of benzene rings is 1. The molecule has 2 aliphatic carbocycles. The van der Waals surface area contributed by atoms with Gasteiger partial charge in [-0.2, -0.15) is 0 Å². The summed E-state index contributed by atoms with van der Waals surface area (Å²) >= 11 is 0. The highest BCUT2D eigenvalue weighted by Crippen LogP contribution is 2.41. The minimum Gasteiger partial charge on any atom is -0.494 e. The van der Waals surface area contributed by atoms with Gasteiger partial charge in [0.1, 0.15) is 16.9 Å². The number of nitrogens with zero attached hydrogens (tertiary/aromatic N) is 6. The minimum absolute atomic E-state index is 0.0128. The maximum absolute atomic E-state index is 13.9. The van der Waals surface area contributed by atoms with Gasteiger partial charge in [0.15, 0.2) is 5.82 Å². The van der Waals surface area contributed by atoms with Gasteiger partial charge in [-0.05, 0) is 80.7 Å². The van der Waals surface area contributed by atoms with Crippen LogP contribution in [0.1, 0.15) is 43.0 Å². The molecule has 8 rings (SSSR count). The first-order valence-corrected chi connectivity index (χ1v) is 15.7. The van der Waals surface area contributed by atoms with Crippen LogP contribution in [0, 0.1) is 29.6 Å². The average molecular weight is 592 g/mol.